The van der Waals surface area contributed by atoms with Gasteiger partial charge < -0.3 is 5.73 Å². The van der Waals surface area contributed by atoms with Gasteiger partial charge >= 0.3 is 0 Å². The van der Waals surface area contributed by atoms with Crippen LogP contribution in [0.1, 0.15) is 5.56 Å². The average Bonchev–Trinajstić information content (AvgIpc) is 2.38. The molecule has 0 saturated carbocycles. The van der Waals surface area contributed by atoms with E-state index in [2.05, 4.69) is 4.72 Å². The minimum absolute atomic E-state index is 0.0458. The molecular formula is C13H12F2N2O2S. The summed E-state index contributed by atoms with van der Waals surface area (Å²) in [5.74, 6) is -1.19. The van der Waals surface area contributed by atoms with Crippen LogP contribution in [-0.2, 0) is 10.0 Å². The SMILES string of the molecule is Cc1c(N)cc(S(=O)(=O)Nc2ccc(F)cc2)cc1F. The number of anilines is 2. The second-order valence-corrected chi connectivity index (χ2v) is 5.91. The van der Waals surface area contributed by atoms with Crippen molar-refractivity contribution in [1.82, 2.24) is 0 Å². The molecule has 0 aliphatic heterocycles. The van der Waals surface area contributed by atoms with Crippen LogP contribution in [-0.4, -0.2) is 8.42 Å². The van der Waals surface area contributed by atoms with Crippen molar-refractivity contribution in [2.75, 3.05) is 10.5 Å². The number of nitrogens with two attached hydrogens (primary N) is 1. The fraction of sp³-hybridized carbons (Fsp3) is 0.0769. The Morgan fingerprint density at radius 2 is 1.70 bits per heavy atom. The topological polar surface area (TPSA) is 72.2 Å². The van der Waals surface area contributed by atoms with Gasteiger partial charge in [-0.15, -0.1) is 0 Å². The molecule has 0 saturated heterocycles. The summed E-state index contributed by atoms with van der Waals surface area (Å²) in [7, 11) is -3.98. The number of rotatable bonds is 3. The van der Waals surface area contributed by atoms with E-state index in [1.165, 1.54) is 25.1 Å². The number of benzene rings is 2. The van der Waals surface area contributed by atoms with Gasteiger partial charge in [0.25, 0.3) is 10.0 Å². The second-order valence-electron chi connectivity index (χ2n) is 4.23. The van der Waals surface area contributed by atoms with Crippen LogP contribution in [0.25, 0.3) is 0 Å². The highest BCUT2D eigenvalue weighted by molar-refractivity contribution is 7.92. The van der Waals surface area contributed by atoms with Crippen LogP contribution in [0, 0.1) is 18.6 Å². The predicted molar refractivity (Wildman–Crippen MR) is 72.8 cm³/mol. The monoisotopic (exact) mass is 298 g/mol. The lowest BCUT2D eigenvalue weighted by molar-refractivity contribution is 0.593. The number of hydrogen-bond acceptors (Lipinski definition) is 3. The summed E-state index contributed by atoms with van der Waals surface area (Å²) >= 11 is 0. The van der Waals surface area contributed by atoms with E-state index >= 15 is 0 Å². The number of hydrogen-bond donors (Lipinski definition) is 2. The van der Waals surface area contributed by atoms with Crippen LogP contribution in [0.15, 0.2) is 41.3 Å². The third-order valence-corrected chi connectivity index (χ3v) is 4.13. The molecule has 0 aliphatic rings. The van der Waals surface area contributed by atoms with Crippen molar-refractivity contribution in [3.8, 4) is 0 Å². The normalized spacial score (nSPS) is 11.3. The van der Waals surface area contributed by atoms with Crippen LogP contribution in [0.3, 0.4) is 0 Å². The van der Waals surface area contributed by atoms with E-state index in [9.17, 15) is 17.2 Å². The van der Waals surface area contributed by atoms with Gasteiger partial charge in [-0.25, -0.2) is 17.2 Å². The molecule has 0 spiro atoms. The molecule has 7 heteroatoms. The fourth-order valence-electron chi connectivity index (χ4n) is 1.56. The lowest BCUT2D eigenvalue weighted by Gasteiger charge is -2.10. The first-order valence-corrected chi connectivity index (χ1v) is 7.12. The van der Waals surface area contributed by atoms with E-state index in [1.54, 1.807) is 0 Å². The van der Waals surface area contributed by atoms with Gasteiger partial charge in [-0.05, 0) is 43.3 Å². The number of sulfonamides is 1. The van der Waals surface area contributed by atoms with E-state index in [1.807, 2.05) is 0 Å². The summed E-state index contributed by atoms with van der Waals surface area (Å²) in [4.78, 5) is -0.289. The maximum absolute atomic E-state index is 13.5. The van der Waals surface area contributed by atoms with Gasteiger partial charge in [-0.2, -0.15) is 0 Å². The van der Waals surface area contributed by atoms with E-state index in [0.29, 0.717) is 0 Å². The van der Waals surface area contributed by atoms with Crippen molar-refractivity contribution in [1.29, 1.82) is 0 Å². The van der Waals surface area contributed by atoms with Gasteiger partial charge in [0.1, 0.15) is 11.6 Å². The average molecular weight is 298 g/mol. The third kappa shape index (κ3) is 2.88. The third-order valence-electron chi connectivity index (χ3n) is 2.76. The quantitative estimate of drug-likeness (QED) is 0.856. The molecule has 0 fully saturated rings. The summed E-state index contributed by atoms with van der Waals surface area (Å²) in [5, 5.41) is 0. The summed E-state index contributed by atoms with van der Waals surface area (Å²) in [6.45, 7) is 1.45. The van der Waals surface area contributed by atoms with Crippen molar-refractivity contribution in [2.45, 2.75) is 11.8 Å². The highest BCUT2D eigenvalue weighted by Crippen LogP contribution is 2.23. The largest absolute Gasteiger partial charge is 0.398 e. The van der Waals surface area contributed by atoms with E-state index in [0.717, 1.165) is 18.2 Å². The Bertz CT molecular complexity index is 720. The summed E-state index contributed by atoms with van der Waals surface area (Å²) in [6, 6.07) is 6.81. The number of nitrogen functional groups attached to an aromatic ring is 1. The first-order chi connectivity index (χ1) is 9.29. The second kappa shape index (κ2) is 5.09. The smallest absolute Gasteiger partial charge is 0.262 e. The molecule has 2 aromatic carbocycles. The Morgan fingerprint density at radius 1 is 1.10 bits per heavy atom. The molecule has 0 heterocycles. The molecule has 0 amide bonds. The standard InChI is InChI=1S/C13H12F2N2O2S/c1-8-12(15)6-11(7-13(8)16)20(18,19)17-10-4-2-9(14)3-5-10/h2-7,17H,16H2,1H3. The molecule has 3 N–H and O–H groups in total. The maximum atomic E-state index is 13.5. The maximum Gasteiger partial charge on any atom is 0.262 e. The molecular weight excluding hydrogens is 286 g/mol. The molecule has 0 aromatic heterocycles. The molecule has 0 aliphatic carbocycles. The molecule has 0 bridgehead atoms. The zero-order valence-corrected chi connectivity index (χ0v) is 11.3. The van der Waals surface area contributed by atoms with E-state index in [4.69, 9.17) is 5.73 Å². The predicted octanol–water partition coefficient (Wildman–Crippen LogP) is 2.66. The minimum atomic E-state index is -3.98. The van der Waals surface area contributed by atoms with Gasteiger partial charge in [0.15, 0.2) is 0 Å². The van der Waals surface area contributed by atoms with E-state index < -0.39 is 21.7 Å². The minimum Gasteiger partial charge on any atom is -0.398 e. The lowest BCUT2D eigenvalue weighted by Crippen LogP contribution is -2.14. The molecule has 0 radical (unpaired) electrons. The zero-order chi connectivity index (χ0) is 14.9. The molecule has 2 rings (SSSR count). The Morgan fingerprint density at radius 3 is 2.25 bits per heavy atom. The molecule has 0 unspecified atom stereocenters. The van der Waals surface area contributed by atoms with Crippen molar-refractivity contribution < 1.29 is 17.2 Å². The molecule has 2 aromatic rings. The first-order valence-electron chi connectivity index (χ1n) is 5.63. The van der Waals surface area contributed by atoms with Crippen molar-refractivity contribution in [3.05, 3.63) is 53.6 Å². The van der Waals surface area contributed by atoms with Gasteiger partial charge in [0.2, 0.25) is 0 Å². The van der Waals surface area contributed by atoms with Gasteiger partial charge in [0.05, 0.1) is 4.90 Å². The molecule has 106 valence electrons. The van der Waals surface area contributed by atoms with Gasteiger partial charge in [-0.1, -0.05) is 0 Å². The van der Waals surface area contributed by atoms with Crippen molar-refractivity contribution >= 4 is 21.4 Å². The molecule has 0 atom stereocenters. The summed E-state index contributed by atoms with van der Waals surface area (Å²) in [6.07, 6.45) is 0. The summed E-state index contributed by atoms with van der Waals surface area (Å²) < 4.78 is 52.7. The zero-order valence-electron chi connectivity index (χ0n) is 10.5. The lowest BCUT2D eigenvalue weighted by atomic mass is 10.2. The molecule has 4 nitrogen and oxygen atoms in total. The van der Waals surface area contributed by atoms with Crippen LogP contribution < -0.4 is 10.5 Å². The number of halogens is 2. The Labute approximate surface area is 115 Å². The first kappa shape index (κ1) is 14.3. The number of nitrogens with one attached hydrogen (secondary N) is 1. The fourth-order valence-corrected chi connectivity index (χ4v) is 2.67. The van der Waals surface area contributed by atoms with E-state index in [-0.39, 0.29) is 21.8 Å². The van der Waals surface area contributed by atoms with Crippen molar-refractivity contribution in [3.63, 3.8) is 0 Å². The van der Waals surface area contributed by atoms with Crippen LogP contribution in [0.2, 0.25) is 0 Å². The Hall–Kier alpha value is -2.15. The Balaban J connectivity index is 2.38. The highest BCUT2D eigenvalue weighted by Gasteiger charge is 2.17. The Kier molecular flexibility index (Phi) is 3.63. The van der Waals surface area contributed by atoms with Crippen molar-refractivity contribution in [2.24, 2.45) is 0 Å². The highest BCUT2D eigenvalue weighted by atomic mass is 32.2. The van der Waals surface area contributed by atoms with Gasteiger partial charge in [-0.3, -0.25) is 4.72 Å². The van der Waals surface area contributed by atoms with Gasteiger partial charge in [0, 0.05) is 16.9 Å². The van der Waals surface area contributed by atoms with Crippen LogP contribution in [0.4, 0.5) is 20.2 Å². The molecule has 20 heavy (non-hydrogen) atoms. The van der Waals surface area contributed by atoms with Crippen LogP contribution >= 0.6 is 0 Å². The van der Waals surface area contributed by atoms with Crippen LogP contribution in [0.5, 0.6) is 0 Å². The summed E-state index contributed by atoms with van der Waals surface area (Å²) in [5.41, 5.74) is 5.95.